The molecule has 0 aliphatic heterocycles. The Morgan fingerprint density at radius 3 is 2.33 bits per heavy atom. The first-order valence-electron chi connectivity index (χ1n) is 5.30. The number of amides is 1. The average Bonchev–Trinajstić information content (AvgIpc) is 2.10. The van der Waals surface area contributed by atoms with Crippen LogP contribution in [0.4, 0.5) is 0 Å². The summed E-state index contributed by atoms with van der Waals surface area (Å²) < 4.78 is 0. The van der Waals surface area contributed by atoms with Crippen LogP contribution >= 0.6 is 0 Å². The minimum Gasteiger partial charge on any atom is -0.369 e. The maximum Gasteiger partial charge on any atom is 0.225 e. The van der Waals surface area contributed by atoms with Gasteiger partial charge >= 0.3 is 0 Å². The zero-order valence-corrected chi connectivity index (χ0v) is 9.87. The van der Waals surface area contributed by atoms with Crippen LogP contribution in [-0.4, -0.2) is 5.91 Å². The quantitative estimate of drug-likeness (QED) is 0.809. The molecule has 1 aromatic rings. The highest BCUT2D eigenvalue weighted by molar-refractivity contribution is 5.82. The van der Waals surface area contributed by atoms with Crippen molar-refractivity contribution in [3.05, 3.63) is 34.9 Å². The fraction of sp³-hybridized carbons (Fsp3) is 0.462. The van der Waals surface area contributed by atoms with Gasteiger partial charge in [0.05, 0.1) is 5.92 Å². The fourth-order valence-electron chi connectivity index (χ4n) is 1.94. The second-order valence-electron chi connectivity index (χ2n) is 4.48. The molecule has 0 heterocycles. The lowest BCUT2D eigenvalue weighted by atomic mass is 9.85. The van der Waals surface area contributed by atoms with E-state index in [1.165, 1.54) is 5.56 Å². The van der Waals surface area contributed by atoms with Gasteiger partial charge in [-0.15, -0.1) is 0 Å². The fourth-order valence-corrected chi connectivity index (χ4v) is 1.94. The van der Waals surface area contributed by atoms with E-state index >= 15 is 0 Å². The van der Waals surface area contributed by atoms with Gasteiger partial charge < -0.3 is 5.73 Å². The molecule has 0 radical (unpaired) electrons. The minimum atomic E-state index is -0.237. The molecule has 1 aromatic carbocycles. The van der Waals surface area contributed by atoms with E-state index in [0.29, 0.717) is 0 Å². The van der Waals surface area contributed by atoms with Crippen LogP contribution in [0.1, 0.15) is 36.5 Å². The largest absolute Gasteiger partial charge is 0.369 e. The summed E-state index contributed by atoms with van der Waals surface area (Å²) in [6, 6.07) is 6.16. The van der Waals surface area contributed by atoms with Crippen LogP contribution in [0.15, 0.2) is 18.2 Å². The summed E-state index contributed by atoms with van der Waals surface area (Å²) >= 11 is 0. The van der Waals surface area contributed by atoms with Crippen molar-refractivity contribution in [1.82, 2.24) is 0 Å². The first-order valence-corrected chi connectivity index (χ1v) is 5.30. The van der Waals surface area contributed by atoms with Gasteiger partial charge in [-0.05, 0) is 30.9 Å². The molecule has 1 unspecified atom stereocenters. The van der Waals surface area contributed by atoms with E-state index in [2.05, 4.69) is 12.1 Å². The number of hydrogen-bond acceptors (Lipinski definition) is 1. The van der Waals surface area contributed by atoms with Crippen molar-refractivity contribution in [3.63, 3.8) is 0 Å². The molecule has 0 aromatic heterocycles. The molecule has 82 valence electrons. The molecule has 0 aliphatic carbocycles. The van der Waals surface area contributed by atoms with Crippen molar-refractivity contribution in [3.8, 4) is 0 Å². The number of nitrogens with two attached hydrogens (primary N) is 1. The van der Waals surface area contributed by atoms with Crippen molar-refractivity contribution in [2.75, 3.05) is 0 Å². The van der Waals surface area contributed by atoms with Crippen LogP contribution in [0.3, 0.4) is 0 Å². The highest BCUT2D eigenvalue weighted by Gasteiger charge is 2.23. The SMILES string of the molecule is Cc1ccc(C)c(C(C(N)=O)C(C)C)c1. The van der Waals surface area contributed by atoms with E-state index in [1.807, 2.05) is 33.8 Å². The molecule has 15 heavy (non-hydrogen) atoms. The monoisotopic (exact) mass is 205 g/mol. The maximum atomic E-state index is 11.4. The van der Waals surface area contributed by atoms with Crippen molar-refractivity contribution >= 4 is 5.91 Å². The second kappa shape index (κ2) is 4.47. The van der Waals surface area contributed by atoms with Gasteiger partial charge in [-0.2, -0.15) is 0 Å². The maximum absolute atomic E-state index is 11.4. The van der Waals surface area contributed by atoms with Crippen LogP contribution in [-0.2, 0) is 4.79 Å². The first kappa shape index (κ1) is 11.8. The number of aryl methyl sites for hydroxylation is 2. The second-order valence-corrected chi connectivity index (χ2v) is 4.48. The van der Waals surface area contributed by atoms with E-state index in [4.69, 9.17) is 5.73 Å². The van der Waals surface area contributed by atoms with Crippen LogP contribution in [0.5, 0.6) is 0 Å². The van der Waals surface area contributed by atoms with Gasteiger partial charge in [0, 0.05) is 0 Å². The molecule has 1 rings (SSSR count). The zero-order chi connectivity index (χ0) is 11.6. The smallest absolute Gasteiger partial charge is 0.225 e. The Morgan fingerprint density at radius 1 is 1.27 bits per heavy atom. The molecule has 0 spiro atoms. The van der Waals surface area contributed by atoms with Crippen LogP contribution in [0.2, 0.25) is 0 Å². The van der Waals surface area contributed by atoms with Gasteiger partial charge in [0.15, 0.2) is 0 Å². The van der Waals surface area contributed by atoms with Gasteiger partial charge in [-0.25, -0.2) is 0 Å². The molecule has 0 saturated carbocycles. The van der Waals surface area contributed by atoms with Crippen molar-refractivity contribution in [1.29, 1.82) is 0 Å². The summed E-state index contributed by atoms with van der Waals surface area (Å²) in [6.07, 6.45) is 0. The van der Waals surface area contributed by atoms with E-state index in [0.717, 1.165) is 11.1 Å². The summed E-state index contributed by atoms with van der Waals surface area (Å²) in [7, 11) is 0. The lowest BCUT2D eigenvalue weighted by Crippen LogP contribution is -2.26. The molecule has 0 aliphatic rings. The Balaban J connectivity index is 3.22. The van der Waals surface area contributed by atoms with Gasteiger partial charge in [0.25, 0.3) is 0 Å². The summed E-state index contributed by atoms with van der Waals surface area (Å²) in [4.78, 5) is 11.4. The Kier molecular flexibility index (Phi) is 3.51. The molecule has 0 saturated heterocycles. The Morgan fingerprint density at radius 2 is 1.87 bits per heavy atom. The topological polar surface area (TPSA) is 43.1 Å². The molecular formula is C13H19NO. The zero-order valence-electron chi connectivity index (χ0n) is 9.87. The predicted octanol–water partition coefficient (Wildman–Crippen LogP) is 2.53. The number of benzene rings is 1. The molecule has 2 nitrogen and oxygen atoms in total. The van der Waals surface area contributed by atoms with Crippen molar-refractivity contribution in [2.45, 2.75) is 33.6 Å². The van der Waals surface area contributed by atoms with Gasteiger partial charge in [-0.1, -0.05) is 37.6 Å². The Bertz CT molecular complexity index is 369. The van der Waals surface area contributed by atoms with Crippen LogP contribution < -0.4 is 5.73 Å². The third-order valence-electron chi connectivity index (χ3n) is 2.74. The number of carbonyl (C=O) groups excluding carboxylic acids is 1. The standard InChI is InChI=1S/C13H19NO/c1-8(2)12(13(14)15)11-7-9(3)5-6-10(11)4/h5-8,12H,1-4H3,(H2,14,15). The third-order valence-corrected chi connectivity index (χ3v) is 2.74. The lowest BCUT2D eigenvalue weighted by Gasteiger charge is -2.20. The Labute approximate surface area is 91.5 Å². The van der Waals surface area contributed by atoms with Gasteiger partial charge in [0.2, 0.25) is 5.91 Å². The molecule has 1 atom stereocenters. The van der Waals surface area contributed by atoms with Crippen molar-refractivity contribution < 1.29 is 4.79 Å². The molecular weight excluding hydrogens is 186 g/mol. The summed E-state index contributed by atoms with van der Waals surface area (Å²) in [5, 5.41) is 0. The molecule has 1 amide bonds. The first-order chi connectivity index (χ1) is 6.93. The number of rotatable bonds is 3. The van der Waals surface area contributed by atoms with Gasteiger partial charge in [-0.3, -0.25) is 4.79 Å². The lowest BCUT2D eigenvalue weighted by molar-refractivity contribution is -0.120. The number of hydrogen-bond donors (Lipinski definition) is 1. The average molecular weight is 205 g/mol. The minimum absolute atomic E-state index is 0.176. The van der Waals surface area contributed by atoms with Crippen molar-refractivity contribution in [2.24, 2.45) is 11.7 Å². The summed E-state index contributed by atoms with van der Waals surface area (Å²) in [5.41, 5.74) is 8.82. The summed E-state index contributed by atoms with van der Waals surface area (Å²) in [5.74, 6) is -0.174. The van der Waals surface area contributed by atoms with Gasteiger partial charge in [0.1, 0.15) is 0 Å². The van der Waals surface area contributed by atoms with E-state index < -0.39 is 0 Å². The van der Waals surface area contributed by atoms with Crippen LogP contribution in [0, 0.1) is 19.8 Å². The van der Waals surface area contributed by atoms with E-state index in [9.17, 15) is 4.79 Å². The molecule has 0 bridgehead atoms. The highest BCUT2D eigenvalue weighted by atomic mass is 16.1. The predicted molar refractivity (Wildman–Crippen MR) is 62.7 cm³/mol. The Hall–Kier alpha value is -1.31. The highest BCUT2D eigenvalue weighted by Crippen LogP contribution is 2.27. The normalized spacial score (nSPS) is 12.9. The summed E-state index contributed by atoms with van der Waals surface area (Å²) in [6.45, 7) is 8.10. The van der Waals surface area contributed by atoms with E-state index in [1.54, 1.807) is 0 Å². The molecule has 2 heteroatoms. The van der Waals surface area contributed by atoms with Crippen LogP contribution in [0.25, 0.3) is 0 Å². The molecule has 2 N–H and O–H groups in total. The van der Waals surface area contributed by atoms with E-state index in [-0.39, 0.29) is 17.7 Å². The number of carbonyl (C=O) groups is 1. The molecule has 0 fully saturated rings. The third kappa shape index (κ3) is 2.58. The number of primary amides is 1.